The van der Waals surface area contributed by atoms with Crippen molar-refractivity contribution in [3.8, 4) is 11.5 Å². The Labute approximate surface area is 190 Å². The van der Waals surface area contributed by atoms with Crippen LogP contribution in [0.4, 0.5) is 0 Å². The van der Waals surface area contributed by atoms with Crippen LogP contribution >= 0.6 is 0 Å². The van der Waals surface area contributed by atoms with Crippen molar-refractivity contribution in [3.05, 3.63) is 59.7 Å². The minimum Gasteiger partial charge on any atom is -0.507 e. The number of methoxy groups -OCH3 is 1. The maximum atomic E-state index is 12.6. The van der Waals surface area contributed by atoms with Gasteiger partial charge in [0.05, 0.1) is 11.2 Å². The van der Waals surface area contributed by atoms with Gasteiger partial charge in [0.15, 0.2) is 5.54 Å². The van der Waals surface area contributed by atoms with Crippen LogP contribution in [0, 0.1) is 0 Å². The standard InChI is InChI=1S/C23H27NO6.C2H6/c1-22(2,27-4)14-29-17-10-11-18(19(25)12-17)20-24-23(3,15-30-20)21(26)28-13-16-8-6-5-7-9-16;1-2/h5-12,25H,13-15H2,1-4H3;1-2H3. The fourth-order valence-corrected chi connectivity index (χ4v) is 2.72. The highest BCUT2D eigenvalue weighted by molar-refractivity contribution is 6.01. The van der Waals surface area contributed by atoms with Gasteiger partial charge in [-0.1, -0.05) is 44.2 Å². The molecule has 0 spiro atoms. The van der Waals surface area contributed by atoms with Crippen molar-refractivity contribution in [1.29, 1.82) is 0 Å². The summed E-state index contributed by atoms with van der Waals surface area (Å²) in [5, 5.41) is 10.4. The van der Waals surface area contributed by atoms with E-state index in [1.165, 1.54) is 6.07 Å². The first-order valence-electron chi connectivity index (χ1n) is 10.7. The lowest BCUT2D eigenvalue weighted by molar-refractivity contribution is -0.151. The van der Waals surface area contributed by atoms with Gasteiger partial charge in [-0.25, -0.2) is 9.79 Å². The molecule has 2 aromatic rings. The first-order chi connectivity index (χ1) is 15.2. The first kappa shape index (κ1) is 25.2. The van der Waals surface area contributed by atoms with Crippen molar-refractivity contribution < 1.29 is 28.8 Å². The topological polar surface area (TPSA) is 86.6 Å². The molecule has 0 saturated carbocycles. The summed E-state index contributed by atoms with van der Waals surface area (Å²) < 4.78 is 22.0. The van der Waals surface area contributed by atoms with Gasteiger partial charge < -0.3 is 24.1 Å². The van der Waals surface area contributed by atoms with E-state index in [9.17, 15) is 9.90 Å². The predicted octanol–water partition coefficient (Wildman–Crippen LogP) is 4.50. The summed E-state index contributed by atoms with van der Waals surface area (Å²) in [6.45, 7) is 9.98. The first-order valence-corrected chi connectivity index (χ1v) is 10.7. The lowest BCUT2D eigenvalue weighted by Crippen LogP contribution is -2.36. The molecule has 32 heavy (non-hydrogen) atoms. The Hall–Kier alpha value is -3.06. The van der Waals surface area contributed by atoms with Gasteiger partial charge in [0.2, 0.25) is 5.90 Å². The number of ether oxygens (including phenoxy) is 4. The highest BCUT2D eigenvalue weighted by Crippen LogP contribution is 2.30. The zero-order chi connectivity index (χ0) is 23.8. The number of esters is 1. The van der Waals surface area contributed by atoms with Crippen molar-refractivity contribution in [2.45, 2.75) is 52.4 Å². The van der Waals surface area contributed by atoms with Crippen LogP contribution < -0.4 is 4.74 Å². The van der Waals surface area contributed by atoms with Crippen molar-refractivity contribution in [2.24, 2.45) is 4.99 Å². The van der Waals surface area contributed by atoms with E-state index >= 15 is 0 Å². The predicted molar refractivity (Wildman–Crippen MR) is 123 cm³/mol. The molecule has 1 aliphatic heterocycles. The third-order valence-corrected chi connectivity index (χ3v) is 4.83. The molecule has 0 amide bonds. The van der Waals surface area contributed by atoms with Crippen LogP contribution in [0.25, 0.3) is 0 Å². The fourth-order valence-electron chi connectivity index (χ4n) is 2.72. The Balaban J connectivity index is 0.00000176. The highest BCUT2D eigenvalue weighted by Gasteiger charge is 2.41. The summed E-state index contributed by atoms with van der Waals surface area (Å²) in [5.74, 6) is 0.145. The number of aromatic hydroxyl groups is 1. The van der Waals surface area contributed by atoms with E-state index in [1.807, 2.05) is 58.0 Å². The molecule has 1 N–H and O–H groups in total. The van der Waals surface area contributed by atoms with E-state index in [2.05, 4.69) is 4.99 Å². The molecule has 7 nitrogen and oxygen atoms in total. The van der Waals surface area contributed by atoms with Crippen LogP contribution in [0.2, 0.25) is 0 Å². The number of phenolic OH excluding ortho intramolecular Hbond substituents is 1. The molecule has 0 aliphatic carbocycles. The maximum absolute atomic E-state index is 12.6. The third kappa shape index (κ3) is 6.47. The summed E-state index contributed by atoms with van der Waals surface area (Å²) in [5.41, 5.74) is -0.348. The Morgan fingerprint density at radius 2 is 1.88 bits per heavy atom. The number of hydrogen-bond acceptors (Lipinski definition) is 7. The molecule has 1 atom stereocenters. The monoisotopic (exact) mass is 443 g/mol. The summed E-state index contributed by atoms with van der Waals surface area (Å²) >= 11 is 0. The van der Waals surface area contributed by atoms with Gasteiger partial charge in [0.25, 0.3) is 0 Å². The van der Waals surface area contributed by atoms with Gasteiger partial charge in [-0.15, -0.1) is 0 Å². The molecule has 7 heteroatoms. The maximum Gasteiger partial charge on any atom is 0.337 e. The highest BCUT2D eigenvalue weighted by atomic mass is 16.5. The number of hydrogen-bond donors (Lipinski definition) is 1. The molecule has 0 radical (unpaired) electrons. The smallest absolute Gasteiger partial charge is 0.337 e. The summed E-state index contributed by atoms with van der Waals surface area (Å²) in [4.78, 5) is 17.0. The second-order valence-corrected chi connectivity index (χ2v) is 7.97. The van der Waals surface area contributed by atoms with E-state index in [1.54, 1.807) is 26.2 Å². The zero-order valence-corrected chi connectivity index (χ0v) is 19.7. The lowest BCUT2D eigenvalue weighted by Gasteiger charge is -2.23. The number of rotatable bonds is 8. The second-order valence-electron chi connectivity index (χ2n) is 7.97. The normalized spacial score (nSPS) is 17.5. The zero-order valence-electron chi connectivity index (χ0n) is 19.7. The lowest BCUT2D eigenvalue weighted by atomic mass is 10.1. The van der Waals surface area contributed by atoms with Crippen LogP contribution in [0.3, 0.4) is 0 Å². The molecule has 0 fully saturated rings. The Bertz CT molecular complexity index is 925. The minimum absolute atomic E-state index is 0.0374. The van der Waals surface area contributed by atoms with Crippen LogP contribution in [0.15, 0.2) is 53.5 Å². The van der Waals surface area contributed by atoms with E-state index < -0.39 is 17.1 Å². The SMILES string of the molecule is CC.COC(C)(C)COc1ccc(C2=NC(C)(C(=O)OCc3ccccc3)CO2)c(O)c1. The fraction of sp³-hybridized carbons (Fsp3) is 0.440. The van der Waals surface area contributed by atoms with Crippen LogP contribution in [-0.4, -0.2) is 48.4 Å². The molecule has 1 heterocycles. The van der Waals surface area contributed by atoms with E-state index in [-0.39, 0.29) is 24.9 Å². The van der Waals surface area contributed by atoms with Crippen molar-refractivity contribution in [3.63, 3.8) is 0 Å². The molecule has 0 bridgehead atoms. The molecule has 1 aliphatic rings. The molecule has 0 aromatic heterocycles. The van der Waals surface area contributed by atoms with E-state index in [4.69, 9.17) is 18.9 Å². The second kappa shape index (κ2) is 11.0. The number of aliphatic imine (C=N–C) groups is 1. The van der Waals surface area contributed by atoms with Gasteiger partial charge in [0, 0.05) is 13.2 Å². The average Bonchev–Trinajstić information content (AvgIpc) is 3.21. The number of phenols is 1. The Kier molecular flexibility index (Phi) is 8.66. The molecular weight excluding hydrogens is 410 g/mol. The van der Waals surface area contributed by atoms with E-state index in [0.717, 1.165) is 5.56 Å². The quantitative estimate of drug-likeness (QED) is 0.605. The largest absolute Gasteiger partial charge is 0.507 e. The number of carbonyl (C=O) groups excluding carboxylic acids is 1. The molecule has 0 saturated heterocycles. The van der Waals surface area contributed by atoms with Gasteiger partial charge in [0.1, 0.15) is 31.3 Å². The molecular formula is C25H33NO6. The summed E-state index contributed by atoms with van der Waals surface area (Å²) in [6, 6.07) is 14.3. The Morgan fingerprint density at radius 3 is 2.50 bits per heavy atom. The van der Waals surface area contributed by atoms with Crippen LogP contribution in [0.5, 0.6) is 11.5 Å². The van der Waals surface area contributed by atoms with Crippen LogP contribution in [-0.2, 0) is 25.6 Å². The van der Waals surface area contributed by atoms with E-state index in [0.29, 0.717) is 17.9 Å². The minimum atomic E-state index is -1.17. The van der Waals surface area contributed by atoms with Gasteiger partial charge in [-0.05, 0) is 38.5 Å². The van der Waals surface area contributed by atoms with Crippen molar-refractivity contribution in [1.82, 2.24) is 0 Å². The van der Waals surface area contributed by atoms with Gasteiger partial charge in [-0.2, -0.15) is 0 Å². The van der Waals surface area contributed by atoms with Crippen molar-refractivity contribution in [2.75, 3.05) is 20.3 Å². The van der Waals surface area contributed by atoms with Gasteiger partial charge >= 0.3 is 5.97 Å². The third-order valence-electron chi connectivity index (χ3n) is 4.83. The van der Waals surface area contributed by atoms with Crippen LogP contribution in [0.1, 0.15) is 45.7 Å². The number of carbonyl (C=O) groups is 1. The summed E-state index contributed by atoms with van der Waals surface area (Å²) in [7, 11) is 1.61. The molecule has 1 unspecified atom stereocenters. The average molecular weight is 444 g/mol. The summed E-state index contributed by atoms with van der Waals surface area (Å²) in [6.07, 6.45) is 0. The number of nitrogens with zero attached hydrogens (tertiary/aromatic N) is 1. The molecule has 2 aromatic carbocycles. The molecule has 174 valence electrons. The number of benzene rings is 2. The Morgan fingerprint density at radius 1 is 1.19 bits per heavy atom. The molecule has 3 rings (SSSR count). The van der Waals surface area contributed by atoms with Gasteiger partial charge in [-0.3, -0.25) is 0 Å². The van der Waals surface area contributed by atoms with Crippen molar-refractivity contribution >= 4 is 11.9 Å².